The van der Waals surface area contributed by atoms with E-state index in [1.165, 1.54) is 0 Å². The van der Waals surface area contributed by atoms with Crippen LogP contribution in [0.1, 0.15) is 18.5 Å². The summed E-state index contributed by atoms with van der Waals surface area (Å²) in [5.74, 6) is 0.664. The predicted octanol–water partition coefficient (Wildman–Crippen LogP) is 1.18. The first-order valence-electron chi connectivity index (χ1n) is 6.29. The minimum absolute atomic E-state index is 0. The van der Waals surface area contributed by atoms with E-state index in [0.717, 1.165) is 11.3 Å². The predicted molar refractivity (Wildman–Crippen MR) is 83.3 cm³/mol. The summed E-state index contributed by atoms with van der Waals surface area (Å²) in [4.78, 5) is 13.6. The standard InChI is InChI=1S/C14H23N3O2.ClH/c1-10(15)14(18)16-9-13(17(2)3)11-6-5-7-12(8-11)19-4;/h5-8,10,13H,9,15H2,1-4H3,(H,16,18);1H. The fourth-order valence-electron chi connectivity index (χ4n) is 1.81. The Morgan fingerprint density at radius 2 is 2.10 bits per heavy atom. The highest BCUT2D eigenvalue weighted by Crippen LogP contribution is 2.21. The summed E-state index contributed by atoms with van der Waals surface area (Å²) < 4.78 is 5.22. The molecule has 0 spiro atoms. The van der Waals surface area contributed by atoms with E-state index in [1.54, 1.807) is 14.0 Å². The molecule has 0 bridgehead atoms. The van der Waals surface area contributed by atoms with Crippen molar-refractivity contribution in [3.63, 3.8) is 0 Å². The number of hydrogen-bond donors (Lipinski definition) is 2. The second-order valence-corrected chi connectivity index (χ2v) is 4.79. The highest BCUT2D eigenvalue weighted by Gasteiger charge is 2.16. The molecule has 5 nitrogen and oxygen atoms in total. The van der Waals surface area contributed by atoms with Crippen LogP contribution in [0.2, 0.25) is 0 Å². The maximum Gasteiger partial charge on any atom is 0.236 e. The Morgan fingerprint density at radius 3 is 2.60 bits per heavy atom. The van der Waals surface area contributed by atoms with E-state index in [0.29, 0.717) is 6.54 Å². The maximum absolute atomic E-state index is 11.5. The molecule has 2 unspecified atom stereocenters. The molecule has 2 atom stereocenters. The SMILES string of the molecule is COc1cccc(C(CNC(=O)C(C)N)N(C)C)c1.Cl. The molecule has 0 aliphatic rings. The molecule has 1 rings (SSSR count). The highest BCUT2D eigenvalue weighted by molar-refractivity contribution is 5.85. The number of ether oxygens (including phenoxy) is 1. The van der Waals surface area contributed by atoms with E-state index < -0.39 is 6.04 Å². The summed E-state index contributed by atoms with van der Waals surface area (Å²) in [5.41, 5.74) is 6.63. The molecule has 6 heteroatoms. The van der Waals surface area contributed by atoms with Crippen molar-refractivity contribution in [2.75, 3.05) is 27.7 Å². The third-order valence-corrected chi connectivity index (χ3v) is 2.99. The lowest BCUT2D eigenvalue weighted by molar-refractivity contribution is -0.122. The molecule has 0 fully saturated rings. The summed E-state index contributed by atoms with van der Waals surface area (Å²) in [5, 5.41) is 2.85. The van der Waals surface area contributed by atoms with Crippen LogP contribution in [0.25, 0.3) is 0 Å². The molecule has 3 N–H and O–H groups in total. The summed E-state index contributed by atoms with van der Waals surface area (Å²) in [6.07, 6.45) is 0. The number of rotatable bonds is 6. The summed E-state index contributed by atoms with van der Waals surface area (Å²) in [6, 6.07) is 7.42. The number of nitrogens with one attached hydrogen (secondary N) is 1. The number of benzene rings is 1. The molecule has 20 heavy (non-hydrogen) atoms. The molecule has 0 heterocycles. The van der Waals surface area contributed by atoms with Crippen molar-refractivity contribution < 1.29 is 9.53 Å². The van der Waals surface area contributed by atoms with E-state index in [9.17, 15) is 4.79 Å². The van der Waals surface area contributed by atoms with Gasteiger partial charge in [0.2, 0.25) is 5.91 Å². The summed E-state index contributed by atoms with van der Waals surface area (Å²) >= 11 is 0. The van der Waals surface area contributed by atoms with Gasteiger partial charge in [0.15, 0.2) is 0 Å². The lowest BCUT2D eigenvalue weighted by Crippen LogP contribution is -2.42. The molecule has 114 valence electrons. The van der Waals surface area contributed by atoms with Crippen molar-refractivity contribution in [1.82, 2.24) is 10.2 Å². The third kappa shape index (κ3) is 5.36. The first-order chi connectivity index (χ1) is 8.95. The van der Waals surface area contributed by atoms with E-state index >= 15 is 0 Å². The molecule has 1 aromatic carbocycles. The van der Waals surface area contributed by atoms with Gasteiger partial charge in [0.25, 0.3) is 0 Å². The normalized spacial score (nSPS) is 13.3. The highest BCUT2D eigenvalue weighted by atomic mass is 35.5. The van der Waals surface area contributed by atoms with Crippen LogP contribution in [0.15, 0.2) is 24.3 Å². The first kappa shape index (κ1) is 18.7. The molecular formula is C14H24ClN3O2. The van der Waals surface area contributed by atoms with Crippen LogP contribution in [0.4, 0.5) is 0 Å². The Balaban J connectivity index is 0.00000361. The van der Waals surface area contributed by atoms with Gasteiger partial charge < -0.3 is 20.7 Å². The fourth-order valence-corrected chi connectivity index (χ4v) is 1.81. The Morgan fingerprint density at radius 1 is 1.45 bits per heavy atom. The number of likely N-dealkylation sites (N-methyl/N-ethyl adjacent to an activating group) is 1. The van der Waals surface area contributed by atoms with E-state index in [1.807, 2.05) is 38.4 Å². The van der Waals surface area contributed by atoms with Crippen molar-refractivity contribution >= 4 is 18.3 Å². The van der Waals surface area contributed by atoms with Crippen molar-refractivity contribution in [2.45, 2.75) is 19.0 Å². The molecule has 0 radical (unpaired) electrons. The number of nitrogens with zero attached hydrogens (tertiary/aromatic N) is 1. The largest absolute Gasteiger partial charge is 0.497 e. The number of hydrogen-bond acceptors (Lipinski definition) is 4. The van der Waals surface area contributed by atoms with Crippen LogP contribution >= 0.6 is 12.4 Å². The molecule has 0 aliphatic heterocycles. The molecule has 1 amide bonds. The van der Waals surface area contributed by atoms with Gasteiger partial charge in [-0.05, 0) is 38.7 Å². The van der Waals surface area contributed by atoms with Crippen molar-refractivity contribution in [1.29, 1.82) is 0 Å². The number of halogens is 1. The van der Waals surface area contributed by atoms with E-state index in [-0.39, 0.29) is 24.4 Å². The van der Waals surface area contributed by atoms with Gasteiger partial charge in [-0.3, -0.25) is 4.79 Å². The van der Waals surface area contributed by atoms with Gasteiger partial charge in [-0.1, -0.05) is 12.1 Å². The molecule has 0 aliphatic carbocycles. The van der Waals surface area contributed by atoms with Crippen molar-refractivity contribution in [3.8, 4) is 5.75 Å². The summed E-state index contributed by atoms with van der Waals surface area (Å²) in [7, 11) is 5.59. The molecule has 0 saturated carbocycles. The first-order valence-corrected chi connectivity index (χ1v) is 6.29. The van der Waals surface area contributed by atoms with E-state index in [2.05, 4.69) is 10.2 Å². The molecule has 0 saturated heterocycles. The molecule has 1 aromatic rings. The number of carbonyl (C=O) groups excluding carboxylic acids is 1. The quantitative estimate of drug-likeness (QED) is 0.828. The van der Waals surface area contributed by atoms with E-state index in [4.69, 9.17) is 10.5 Å². The third-order valence-electron chi connectivity index (χ3n) is 2.99. The average Bonchev–Trinajstić information content (AvgIpc) is 2.38. The molecular weight excluding hydrogens is 278 g/mol. The van der Waals surface area contributed by atoms with Crippen LogP contribution in [0.5, 0.6) is 5.75 Å². The van der Waals surface area contributed by atoms with Crippen molar-refractivity contribution in [2.24, 2.45) is 5.73 Å². The number of carbonyl (C=O) groups is 1. The fraction of sp³-hybridized carbons (Fsp3) is 0.500. The van der Waals surface area contributed by atoms with Crippen LogP contribution in [0.3, 0.4) is 0 Å². The topological polar surface area (TPSA) is 67.6 Å². The van der Waals surface area contributed by atoms with Gasteiger partial charge in [0.1, 0.15) is 5.75 Å². The monoisotopic (exact) mass is 301 g/mol. The maximum atomic E-state index is 11.5. The average molecular weight is 302 g/mol. The van der Waals surface area contributed by atoms with Gasteiger partial charge in [-0.15, -0.1) is 12.4 Å². The van der Waals surface area contributed by atoms with Crippen LogP contribution in [-0.2, 0) is 4.79 Å². The van der Waals surface area contributed by atoms with Gasteiger partial charge in [-0.25, -0.2) is 0 Å². The number of methoxy groups -OCH3 is 1. The van der Waals surface area contributed by atoms with Crippen LogP contribution in [0, 0.1) is 0 Å². The zero-order valence-electron chi connectivity index (χ0n) is 12.4. The number of amides is 1. The van der Waals surface area contributed by atoms with Crippen molar-refractivity contribution in [3.05, 3.63) is 29.8 Å². The smallest absolute Gasteiger partial charge is 0.236 e. The summed E-state index contributed by atoms with van der Waals surface area (Å²) in [6.45, 7) is 2.19. The minimum Gasteiger partial charge on any atom is -0.497 e. The Labute approximate surface area is 126 Å². The lowest BCUT2D eigenvalue weighted by Gasteiger charge is -2.25. The van der Waals surface area contributed by atoms with Crippen LogP contribution in [-0.4, -0.2) is 44.6 Å². The number of nitrogens with two attached hydrogens (primary N) is 1. The Hall–Kier alpha value is -1.30. The Kier molecular flexibility index (Phi) is 8.22. The lowest BCUT2D eigenvalue weighted by atomic mass is 10.1. The van der Waals surface area contributed by atoms with Gasteiger partial charge in [-0.2, -0.15) is 0 Å². The zero-order valence-corrected chi connectivity index (χ0v) is 13.2. The molecule has 0 aromatic heterocycles. The minimum atomic E-state index is -0.492. The van der Waals surface area contributed by atoms with Crippen LogP contribution < -0.4 is 15.8 Å². The second-order valence-electron chi connectivity index (χ2n) is 4.79. The zero-order chi connectivity index (χ0) is 14.4. The van der Waals surface area contributed by atoms with Gasteiger partial charge in [0.05, 0.1) is 19.2 Å². The van der Waals surface area contributed by atoms with Gasteiger partial charge >= 0.3 is 0 Å². The Bertz CT molecular complexity index is 425. The van der Waals surface area contributed by atoms with Gasteiger partial charge in [0, 0.05) is 6.54 Å². The second kappa shape index (κ2) is 8.79.